The highest BCUT2D eigenvalue weighted by atomic mass is 16.8. The maximum absolute atomic E-state index is 5.89. The van der Waals surface area contributed by atoms with Crippen LogP contribution in [0.15, 0.2) is 0 Å². The van der Waals surface area contributed by atoms with Gasteiger partial charge in [0.25, 0.3) is 0 Å². The molecule has 0 N–H and O–H groups in total. The van der Waals surface area contributed by atoms with E-state index in [-0.39, 0.29) is 11.2 Å². The van der Waals surface area contributed by atoms with Gasteiger partial charge in [0.15, 0.2) is 0 Å². The second-order valence-electron chi connectivity index (χ2n) is 4.99. The van der Waals surface area contributed by atoms with Gasteiger partial charge in [-0.15, -0.1) is 0 Å². The van der Waals surface area contributed by atoms with Gasteiger partial charge >= 0.3 is 6.75 Å². The maximum atomic E-state index is 5.89. The van der Waals surface area contributed by atoms with Crippen LogP contribution in [0.3, 0.4) is 0 Å². The van der Waals surface area contributed by atoms with Gasteiger partial charge in [-0.25, -0.2) is 0 Å². The average Bonchev–Trinajstić information content (AvgIpc) is 2.18. The summed E-state index contributed by atoms with van der Waals surface area (Å²) in [6.45, 7) is 7.97. The average molecular weight is 201 g/mol. The van der Waals surface area contributed by atoms with Crippen molar-refractivity contribution in [3.05, 3.63) is 0 Å². The van der Waals surface area contributed by atoms with Gasteiger partial charge in [0, 0.05) is 24.3 Å². The molecule has 0 aromatic rings. The van der Waals surface area contributed by atoms with Crippen molar-refractivity contribution < 1.29 is 18.7 Å². The van der Waals surface area contributed by atoms with Crippen molar-refractivity contribution in [2.75, 3.05) is 19.7 Å². The maximum Gasteiger partial charge on any atom is 0.404 e. The summed E-state index contributed by atoms with van der Waals surface area (Å²) in [5.41, 5.74) is -0.679. The lowest BCUT2D eigenvalue weighted by Gasteiger charge is -2.40. The lowest BCUT2D eigenvalue weighted by Crippen LogP contribution is -2.52. The van der Waals surface area contributed by atoms with Crippen LogP contribution in [0.5, 0.6) is 0 Å². The fourth-order valence-corrected chi connectivity index (χ4v) is 1.90. The van der Waals surface area contributed by atoms with E-state index in [0.717, 1.165) is 0 Å². The summed E-state index contributed by atoms with van der Waals surface area (Å²) in [5, 5.41) is 0. The minimum atomic E-state index is -1.67. The molecule has 0 unspecified atom stereocenters. The molecule has 0 radical (unpaired) electrons. The first-order chi connectivity index (χ1) is 6.37. The Morgan fingerprint density at radius 2 is 1.50 bits per heavy atom. The van der Waals surface area contributed by atoms with Crippen LogP contribution < -0.4 is 0 Å². The zero-order valence-corrected chi connectivity index (χ0v) is 9.33. The van der Waals surface area contributed by atoms with Gasteiger partial charge in [-0.3, -0.25) is 0 Å². The van der Waals surface area contributed by atoms with E-state index >= 15 is 0 Å². The monoisotopic (exact) mass is 201 g/mol. The molecule has 2 heterocycles. The van der Waals surface area contributed by atoms with Crippen molar-refractivity contribution >= 4 is 6.75 Å². The SMILES string of the molecule is CC1(C)O[B-]2(COCCO2)OC1(C)C. The molecule has 0 aromatic carbocycles. The first kappa shape index (κ1) is 10.4. The Hall–Kier alpha value is -0.0951. The highest BCUT2D eigenvalue weighted by molar-refractivity contribution is 6.61. The minimum absolute atomic E-state index is 0.340. The summed E-state index contributed by atoms with van der Waals surface area (Å²) in [5.74, 6) is 0. The summed E-state index contributed by atoms with van der Waals surface area (Å²) in [6, 6.07) is 0. The lowest BCUT2D eigenvalue weighted by molar-refractivity contribution is -0.00443. The molecule has 2 saturated heterocycles. The molecule has 0 atom stereocenters. The molecule has 0 aliphatic carbocycles. The van der Waals surface area contributed by atoms with Gasteiger partial charge < -0.3 is 18.7 Å². The normalized spacial score (nSPS) is 33.4. The molecule has 0 amide bonds. The van der Waals surface area contributed by atoms with Crippen LogP contribution >= 0.6 is 0 Å². The molecule has 2 aliphatic rings. The summed E-state index contributed by atoms with van der Waals surface area (Å²) < 4.78 is 22.7. The van der Waals surface area contributed by atoms with E-state index in [2.05, 4.69) is 0 Å². The molecular weight excluding hydrogens is 183 g/mol. The van der Waals surface area contributed by atoms with Gasteiger partial charge in [-0.05, 0) is 27.7 Å². The zero-order valence-electron chi connectivity index (χ0n) is 9.33. The fourth-order valence-electron chi connectivity index (χ4n) is 1.90. The van der Waals surface area contributed by atoms with Crippen LogP contribution in [-0.2, 0) is 18.7 Å². The highest BCUT2D eigenvalue weighted by Gasteiger charge is 2.53. The van der Waals surface area contributed by atoms with Crippen molar-refractivity contribution in [3.8, 4) is 0 Å². The van der Waals surface area contributed by atoms with Gasteiger partial charge in [0.05, 0.1) is 6.61 Å². The number of ether oxygens (including phenoxy) is 1. The van der Waals surface area contributed by atoms with Crippen LogP contribution in [0, 0.1) is 0 Å². The Morgan fingerprint density at radius 1 is 0.929 bits per heavy atom. The van der Waals surface area contributed by atoms with E-state index in [1.165, 1.54) is 0 Å². The second kappa shape index (κ2) is 2.95. The molecule has 14 heavy (non-hydrogen) atoms. The number of hydrogen-bond donors (Lipinski definition) is 0. The molecule has 0 aromatic heterocycles. The van der Waals surface area contributed by atoms with Crippen molar-refractivity contribution in [1.29, 1.82) is 0 Å². The highest BCUT2D eigenvalue weighted by Crippen LogP contribution is 2.42. The molecule has 2 rings (SSSR count). The predicted molar refractivity (Wildman–Crippen MR) is 52.9 cm³/mol. The van der Waals surface area contributed by atoms with Crippen molar-refractivity contribution in [1.82, 2.24) is 0 Å². The van der Waals surface area contributed by atoms with E-state index in [0.29, 0.717) is 19.7 Å². The number of rotatable bonds is 0. The zero-order chi connectivity index (χ0) is 10.4. The summed E-state index contributed by atoms with van der Waals surface area (Å²) in [4.78, 5) is 0. The Morgan fingerprint density at radius 3 is 1.93 bits per heavy atom. The summed E-state index contributed by atoms with van der Waals surface area (Å²) >= 11 is 0. The van der Waals surface area contributed by atoms with E-state index in [4.69, 9.17) is 18.7 Å². The standard InChI is InChI=1S/C9H18BO4/c1-8(2)9(3,4)14-10(13-8)7-11-5-6-12-10/h5-7H2,1-4H3/q-1. The molecule has 4 nitrogen and oxygen atoms in total. The molecule has 1 spiro atoms. The van der Waals surface area contributed by atoms with E-state index in [1.807, 2.05) is 27.7 Å². The third-order valence-corrected chi connectivity index (χ3v) is 3.32. The molecule has 82 valence electrons. The van der Waals surface area contributed by atoms with Crippen LogP contribution in [0.25, 0.3) is 0 Å². The smallest absolute Gasteiger partial charge is 0.404 e. The summed E-state index contributed by atoms with van der Waals surface area (Å²) in [6.07, 6.45) is 0. The Bertz CT molecular complexity index is 215. The molecule has 2 fully saturated rings. The van der Waals surface area contributed by atoms with Crippen molar-refractivity contribution in [2.45, 2.75) is 38.9 Å². The third kappa shape index (κ3) is 1.48. The van der Waals surface area contributed by atoms with Gasteiger partial charge in [-0.1, -0.05) is 0 Å². The Labute approximate surface area is 84.9 Å². The Balaban J connectivity index is 2.18. The molecule has 5 heteroatoms. The fraction of sp³-hybridized carbons (Fsp3) is 1.00. The third-order valence-electron chi connectivity index (χ3n) is 3.32. The summed E-state index contributed by atoms with van der Waals surface area (Å²) in [7, 11) is 0. The van der Waals surface area contributed by atoms with Crippen molar-refractivity contribution in [2.24, 2.45) is 0 Å². The number of hydrogen-bond acceptors (Lipinski definition) is 4. The first-order valence-electron chi connectivity index (χ1n) is 5.14. The van der Waals surface area contributed by atoms with Gasteiger partial charge in [-0.2, -0.15) is 0 Å². The first-order valence-corrected chi connectivity index (χ1v) is 5.14. The molecule has 0 bridgehead atoms. The lowest BCUT2D eigenvalue weighted by atomic mass is 9.79. The van der Waals surface area contributed by atoms with Crippen LogP contribution in [0.1, 0.15) is 27.7 Å². The van der Waals surface area contributed by atoms with E-state index in [1.54, 1.807) is 0 Å². The second-order valence-corrected chi connectivity index (χ2v) is 4.99. The van der Waals surface area contributed by atoms with E-state index in [9.17, 15) is 0 Å². The van der Waals surface area contributed by atoms with Crippen LogP contribution in [0.4, 0.5) is 0 Å². The molecule has 2 aliphatic heterocycles. The van der Waals surface area contributed by atoms with Gasteiger partial charge in [0.2, 0.25) is 0 Å². The quantitative estimate of drug-likeness (QED) is 0.550. The van der Waals surface area contributed by atoms with Crippen LogP contribution in [0.2, 0.25) is 0 Å². The predicted octanol–water partition coefficient (Wildman–Crippen LogP) is 1.12. The minimum Gasteiger partial charge on any atom is -0.541 e. The Kier molecular flexibility index (Phi) is 2.20. The largest absolute Gasteiger partial charge is 0.541 e. The van der Waals surface area contributed by atoms with Crippen LogP contribution in [-0.4, -0.2) is 37.7 Å². The van der Waals surface area contributed by atoms with E-state index < -0.39 is 6.75 Å². The topological polar surface area (TPSA) is 36.9 Å². The molecule has 0 saturated carbocycles. The van der Waals surface area contributed by atoms with Crippen molar-refractivity contribution in [3.63, 3.8) is 0 Å². The molecular formula is C9H18BO4-. The van der Waals surface area contributed by atoms with Gasteiger partial charge in [0.1, 0.15) is 0 Å².